The molecule has 4 rings (SSSR count). The van der Waals surface area contributed by atoms with Gasteiger partial charge in [0.05, 0.1) is 18.8 Å². The Morgan fingerprint density at radius 1 is 1.06 bits per heavy atom. The number of nitrogens with one attached hydrogen (secondary N) is 1. The van der Waals surface area contributed by atoms with Crippen molar-refractivity contribution in [1.82, 2.24) is 15.2 Å². The van der Waals surface area contributed by atoms with Gasteiger partial charge in [0.25, 0.3) is 5.91 Å². The molecule has 1 fully saturated rings. The number of benzene rings is 2. The van der Waals surface area contributed by atoms with E-state index in [0.717, 1.165) is 55.0 Å². The molecule has 1 saturated heterocycles. The SMILES string of the molecule is COc1ccccc1CN1CCC([C@@H](NC(=O)c2ccccc2C)c2ccccn2)CC1. The van der Waals surface area contributed by atoms with Gasteiger partial charge in [-0.2, -0.15) is 0 Å². The molecule has 1 aliphatic heterocycles. The summed E-state index contributed by atoms with van der Waals surface area (Å²) < 4.78 is 5.52. The van der Waals surface area contributed by atoms with Gasteiger partial charge in [-0.1, -0.05) is 42.5 Å². The van der Waals surface area contributed by atoms with Crippen LogP contribution < -0.4 is 10.1 Å². The molecule has 2 heterocycles. The van der Waals surface area contributed by atoms with Gasteiger partial charge in [0.1, 0.15) is 5.75 Å². The van der Waals surface area contributed by atoms with Crippen LogP contribution in [0.15, 0.2) is 72.9 Å². The average Bonchev–Trinajstić information content (AvgIpc) is 2.84. The van der Waals surface area contributed by atoms with Crippen molar-refractivity contribution in [3.05, 3.63) is 95.3 Å². The summed E-state index contributed by atoms with van der Waals surface area (Å²) in [5.41, 5.74) is 3.85. The van der Waals surface area contributed by atoms with Crippen LogP contribution in [0, 0.1) is 12.8 Å². The first-order valence-corrected chi connectivity index (χ1v) is 11.3. The number of methoxy groups -OCH3 is 1. The van der Waals surface area contributed by atoms with E-state index in [2.05, 4.69) is 27.3 Å². The lowest BCUT2D eigenvalue weighted by atomic mass is 9.86. The van der Waals surface area contributed by atoms with Crippen molar-refractivity contribution in [3.8, 4) is 5.75 Å². The number of carbonyl (C=O) groups excluding carboxylic acids is 1. The van der Waals surface area contributed by atoms with E-state index < -0.39 is 0 Å². The molecule has 32 heavy (non-hydrogen) atoms. The van der Waals surface area contributed by atoms with E-state index >= 15 is 0 Å². The van der Waals surface area contributed by atoms with Gasteiger partial charge in [0.2, 0.25) is 0 Å². The Morgan fingerprint density at radius 2 is 1.78 bits per heavy atom. The highest BCUT2D eigenvalue weighted by atomic mass is 16.5. The molecule has 0 aliphatic carbocycles. The maximum atomic E-state index is 13.1. The minimum absolute atomic E-state index is 0.0322. The monoisotopic (exact) mass is 429 g/mol. The lowest BCUT2D eigenvalue weighted by Gasteiger charge is -2.36. The second-order valence-electron chi connectivity index (χ2n) is 8.45. The third-order valence-electron chi connectivity index (χ3n) is 6.37. The topological polar surface area (TPSA) is 54.5 Å². The van der Waals surface area contributed by atoms with Gasteiger partial charge in [-0.3, -0.25) is 14.7 Å². The Balaban J connectivity index is 1.46. The molecular formula is C27H31N3O2. The molecule has 0 radical (unpaired) electrons. The van der Waals surface area contributed by atoms with E-state index in [1.807, 2.05) is 61.5 Å². The molecule has 166 valence electrons. The molecule has 2 aromatic carbocycles. The summed E-state index contributed by atoms with van der Waals surface area (Å²) in [5.74, 6) is 1.24. The van der Waals surface area contributed by atoms with Gasteiger partial charge in [0.15, 0.2) is 0 Å². The van der Waals surface area contributed by atoms with Crippen molar-refractivity contribution in [1.29, 1.82) is 0 Å². The number of piperidine rings is 1. The van der Waals surface area contributed by atoms with E-state index in [1.54, 1.807) is 13.3 Å². The quantitative estimate of drug-likeness (QED) is 0.587. The number of hydrogen-bond donors (Lipinski definition) is 1. The Bertz CT molecular complexity index is 1030. The van der Waals surface area contributed by atoms with Gasteiger partial charge in [-0.25, -0.2) is 0 Å². The Hall–Kier alpha value is -3.18. The summed E-state index contributed by atoms with van der Waals surface area (Å²) in [6.07, 6.45) is 3.81. The van der Waals surface area contributed by atoms with Gasteiger partial charge in [-0.15, -0.1) is 0 Å². The summed E-state index contributed by atoms with van der Waals surface area (Å²) >= 11 is 0. The van der Waals surface area contributed by atoms with Crippen molar-refractivity contribution >= 4 is 5.91 Å². The molecule has 0 unspecified atom stereocenters. The smallest absolute Gasteiger partial charge is 0.252 e. The molecule has 1 atom stereocenters. The minimum atomic E-state index is -0.100. The molecule has 1 amide bonds. The second kappa shape index (κ2) is 10.4. The fourth-order valence-corrected chi connectivity index (χ4v) is 4.56. The third kappa shape index (κ3) is 5.17. The number of pyridine rings is 1. The van der Waals surface area contributed by atoms with Gasteiger partial charge >= 0.3 is 0 Å². The number of likely N-dealkylation sites (tertiary alicyclic amines) is 1. The number of para-hydroxylation sites is 1. The summed E-state index contributed by atoms with van der Waals surface area (Å²) in [6.45, 7) is 4.81. The minimum Gasteiger partial charge on any atom is -0.496 e. The van der Waals surface area contributed by atoms with E-state index in [4.69, 9.17) is 4.74 Å². The molecule has 1 aromatic heterocycles. The standard InChI is InChI=1S/C27H31N3O2/c1-20-9-3-5-11-23(20)27(31)29-26(24-12-7-8-16-28-24)21-14-17-30(18-15-21)19-22-10-4-6-13-25(22)32-2/h3-13,16,21,26H,14-15,17-19H2,1-2H3,(H,29,31)/t26-/m1/s1. The highest BCUT2D eigenvalue weighted by Gasteiger charge is 2.30. The zero-order valence-electron chi connectivity index (χ0n) is 18.8. The number of nitrogens with zero attached hydrogens (tertiary/aromatic N) is 2. The predicted molar refractivity (Wildman–Crippen MR) is 127 cm³/mol. The van der Waals surface area contributed by atoms with Gasteiger partial charge in [0, 0.05) is 23.9 Å². The summed E-state index contributed by atoms with van der Waals surface area (Å²) in [4.78, 5) is 20.2. The highest BCUT2D eigenvalue weighted by Crippen LogP contribution is 2.31. The van der Waals surface area contributed by atoms with Crippen LogP contribution in [0.25, 0.3) is 0 Å². The van der Waals surface area contributed by atoms with E-state index in [-0.39, 0.29) is 11.9 Å². The number of carbonyl (C=O) groups is 1. The van der Waals surface area contributed by atoms with Crippen molar-refractivity contribution in [2.45, 2.75) is 32.4 Å². The van der Waals surface area contributed by atoms with E-state index in [9.17, 15) is 4.79 Å². The summed E-state index contributed by atoms with van der Waals surface area (Å²) in [6, 6.07) is 21.8. The molecule has 5 nitrogen and oxygen atoms in total. The number of aryl methyl sites for hydroxylation is 1. The third-order valence-corrected chi connectivity index (χ3v) is 6.37. The number of aromatic nitrogens is 1. The maximum absolute atomic E-state index is 13.1. The Labute approximate surface area is 190 Å². The average molecular weight is 430 g/mol. The van der Waals surface area contributed by atoms with Crippen LogP contribution in [0.3, 0.4) is 0 Å². The Kier molecular flexibility index (Phi) is 7.17. The van der Waals surface area contributed by atoms with Crippen molar-refractivity contribution in [3.63, 3.8) is 0 Å². The zero-order chi connectivity index (χ0) is 22.3. The number of hydrogen-bond acceptors (Lipinski definition) is 4. The van der Waals surface area contributed by atoms with Crippen LogP contribution in [0.5, 0.6) is 5.75 Å². The molecular weight excluding hydrogens is 398 g/mol. The van der Waals surface area contributed by atoms with Gasteiger partial charge < -0.3 is 10.1 Å². The van der Waals surface area contributed by atoms with E-state index in [0.29, 0.717) is 5.92 Å². The zero-order valence-corrected chi connectivity index (χ0v) is 18.8. The van der Waals surface area contributed by atoms with Crippen LogP contribution in [0.2, 0.25) is 0 Å². The lowest BCUT2D eigenvalue weighted by Crippen LogP contribution is -2.41. The number of ether oxygens (including phenoxy) is 1. The summed E-state index contributed by atoms with van der Waals surface area (Å²) in [5, 5.41) is 3.30. The molecule has 1 N–H and O–H groups in total. The number of rotatable bonds is 7. The first-order valence-electron chi connectivity index (χ1n) is 11.3. The van der Waals surface area contributed by atoms with Crippen LogP contribution in [0.4, 0.5) is 0 Å². The second-order valence-corrected chi connectivity index (χ2v) is 8.45. The largest absolute Gasteiger partial charge is 0.496 e. The van der Waals surface area contributed by atoms with E-state index in [1.165, 1.54) is 5.56 Å². The Morgan fingerprint density at radius 3 is 2.50 bits per heavy atom. The predicted octanol–water partition coefficient (Wildman–Crippen LogP) is 4.78. The van der Waals surface area contributed by atoms with Crippen LogP contribution in [0.1, 0.15) is 46.1 Å². The van der Waals surface area contributed by atoms with Crippen molar-refractivity contribution < 1.29 is 9.53 Å². The molecule has 3 aromatic rings. The van der Waals surface area contributed by atoms with Crippen LogP contribution in [-0.4, -0.2) is 36.0 Å². The fourth-order valence-electron chi connectivity index (χ4n) is 4.56. The van der Waals surface area contributed by atoms with Gasteiger partial charge in [-0.05, 0) is 68.6 Å². The molecule has 0 bridgehead atoms. The van der Waals surface area contributed by atoms with Crippen LogP contribution in [-0.2, 0) is 6.54 Å². The lowest BCUT2D eigenvalue weighted by molar-refractivity contribution is 0.0887. The molecule has 1 aliphatic rings. The highest BCUT2D eigenvalue weighted by molar-refractivity contribution is 5.95. The molecule has 0 spiro atoms. The normalized spacial score (nSPS) is 15.8. The first kappa shape index (κ1) is 22.0. The van der Waals surface area contributed by atoms with Crippen molar-refractivity contribution in [2.75, 3.05) is 20.2 Å². The first-order chi connectivity index (χ1) is 15.7. The maximum Gasteiger partial charge on any atom is 0.252 e. The summed E-state index contributed by atoms with van der Waals surface area (Å²) in [7, 11) is 1.72. The fraction of sp³-hybridized carbons (Fsp3) is 0.333. The van der Waals surface area contributed by atoms with Crippen molar-refractivity contribution in [2.24, 2.45) is 5.92 Å². The number of amides is 1. The molecule has 0 saturated carbocycles. The van der Waals surface area contributed by atoms with Crippen LogP contribution >= 0.6 is 0 Å². The molecule has 5 heteroatoms.